The summed E-state index contributed by atoms with van der Waals surface area (Å²) < 4.78 is 0. The summed E-state index contributed by atoms with van der Waals surface area (Å²) in [5.74, 6) is 0.470. The van der Waals surface area contributed by atoms with Crippen molar-refractivity contribution in [2.24, 2.45) is 0 Å². The summed E-state index contributed by atoms with van der Waals surface area (Å²) in [6.07, 6.45) is 1.16. The first kappa shape index (κ1) is 14.6. The zero-order valence-electron chi connectivity index (χ0n) is 13.0. The fourth-order valence-corrected chi connectivity index (χ4v) is 3.32. The SMILES string of the molecule is CC(C)c1cc(Cl)ccc1-c1ccc2c(c1)CN(C)CC2. The third kappa shape index (κ3) is 3.00. The Bertz CT molecular complexity index is 661. The standard InChI is InChI=1S/C19H22ClN/c1-13(2)19-11-17(20)6-7-18(19)15-5-4-14-8-9-21(3)12-16(14)10-15/h4-7,10-11,13H,8-9,12H2,1-3H3. The predicted octanol–water partition coefficient (Wildman–Crippen LogP) is 5.12. The highest BCUT2D eigenvalue weighted by atomic mass is 35.5. The molecule has 0 fully saturated rings. The Hall–Kier alpha value is -1.31. The molecule has 0 unspecified atom stereocenters. The maximum absolute atomic E-state index is 6.18. The lowest BCUT2D eigenvalue weighted by molar-refractivity contribution is 0.313. The average Bonchev–Trinajstić information content (AvgIpc) is 2.46. The molecule has 0 bridgehead atoms. The molecule has 3 rings (SSSR count). The summed E-state index contributed by atoms with van der Waals surface area (Å²) >= 11 is 6.18. The number of rotatable bonds is 2. The van der Waals surface area contributed by atoms with Gasteiger partial charge in [-0.25, -0.2) is 0 Å². The molecule has 110 valence electrons. The second kappa shape index (κ2) is 5.82. The van der Waals surface area contributed by atoms with Crippen molar-refractivity contribution in [3.63, 3.8) is 0 Å². The van der Waals surface area contributed by atoms with Crippen LogP contribution < -0.4 is 0 Å². The fraction of sp³-hybridized carbons (Fsp3) is 0.368. The van der Waals surface area contributed by atoms with E-state index in [0.717, 1.165) is 24.5 Å². The van der Waals surface area contributed by atoms with Gasteiger partial charge in [0.15, 0.2) is 0 Å². The van der Waals surface area contributed by atoms with Crippen molar-refractivity contribution < 1.29 is 0 Å². The highest BCUT2D eigenvalue weighted by molar-refractivity contribution is 6.30. The third-order valence-electron chi connectivity index (χ3n) is 4.36. The molecule has 1 nitrogen and oxygen atoms in total. The molecule has 0 aromatic heterocycles. The maximum Gasteiger partial charge on any atom is 0.0409 e. The van der Waals surface area contributed by atoms with Gasteiger partial charge in [-0.3, -0.25) is 0 Å². The van der Waals surface area contributed by atoms with Crippen LogP contribution in [-0.4, -0.2) is 18.5 Å². The Morgan fingerprint density at radius 1 is 1.05 bits per heavy atom. The van der Waals surface area contributed by atoms with Gasteiger partial charge in [-0.1, -0.05) is 43.6 Å². The highest BCUT2D eigenvalue weighted by Crippen LogP contribution is 2.33. The van der Waals surface area contributed by atoms with E-state index in [2.05, 4.69) is 56.1 Å². The molecular formula is C19H22ClN. The Morgan fingerprint density at radius 3 is 2.62 bits per heavy atom. The zero-order chi connectivity index (χ0) is 15.0. The molecular weight excluding hydrogens is 278 g/mol. The number of likely N-dealkylation sites (N-methyl/N-ethyl adjacent to an activating group) is 1. The van der Waals surface area contributed by atoms with E-state index < -0.39 is 0 Å². The minimum atomic E-state index is 0.470. The van der Waals surface area contributed by atoms with E-state index in [9.17, 15) is 0 Å². The maximum atomic E-state index is 6.18. The molecule has 0 saturated heterocycles. The monoisotopic (exact) mass is 299 g/mol. The van der Waals surface area contributed by atoms with Crippen LogP contribution in [0.25, 0.3) is 11.1 Å². The Balaban J connectivity index is 2.07. The van der Waals surface area contributed by atoms with E-state index in [4.69, 9.17) is 11.6 Å². The lowest BCUT2D eigenvalue weighted by atomic mass is 9.89. The number of fused-ring (bicyclic) bond motifs is 1. The number of benzene rings is 2. The number of halogens is 1. The lowest BCUT2D eigenvalue weighted by Gasteiger charge is -2.25. The van der Waals surface area contributed by atoms with Crippen molar-refractivity contribution in [2.45, 2.75) is 32.7 Å². The van der Waals surface area contributed by atoms with Crippen LogP contribution in [0, 0.1) is 0 Å². The summed E-state index contributed by atoms with van der Waals surface area (Å²) in [5, 5.41) is 0.820. The van der Waals surface area contributed by atoms with Gasteiger partial charge in [-0.2, -0.15) is 0 Å². The molecule has 0 N–H and O–H groups in total. The summed E-state index contributed by atoms with van der Waals surface area (Å²) in [4.78, 5) is 2.39. The van der Waals surface area contributed by atoms with E-state index in [0.29, 0.717) is 5.92 Å². The van der Waals surface area contributed by atoms with Crippen LogP contribution in [-0.2, 0) is 13.0 Å². The fourth-order valence-electron chi connectivity index (χ4n) is 3.14. The molecule has 0 atom stereocenters. The van der Waals surface area contributed by atoms with Crippen molar-refractivity contribution >= 4 is 11.6 Å². The third-order valence-corrected chi connectivity index (χ3v) is 4.59. The van der Waals surface area contributed by atoms with Crippen LogP contribution in [0.15, 0.2) is 36.4 Å². The second-order valence-corrected chi connectivity index (χ2v) is 6.79. The number of nitrogens with zero attached hydrogens (tertiary/aromatic N) is 1. The molecule has 0 saturated carbocycles. The van der Waals surface area contributed by atoms with E-state index in [-0.39, 0.29) is 0 Å². The molecule has 0 radical (unpaired) electrons. The smallest absolute Gasteiger partial charge is 0.0409 e. The van der Waals surface area contributed by atoms with Gasteiger partial charge in [0.25, 0.3) is 0 Å². The molecule has 0 aliphatic carbocycles. The van der Waals surface area contributed by atoms with Crippen LogP contribution in [0.4, 0.5) is 0 Å². The normalized spacial score (nSPS) is 15.3. The van der Waals surface area contributed by atoms with Crippen molar-refractivity contribution in [3.05, 3.63) is 58.1 Å². The molecule has 1 aliphatic heterocycles. The van der Waals surface area contributed by atoms with Gasteiger partial charge >= 0.3 is 0 Å². The topological polar surface area (TPSA) is 3.24 Å². The molecule has 1 heterocycles. The second-order valence-electron chi connectivity index (χ2n) is 6.36. The van der Waals surface area contributed by atoms with Crippen LogP contribution in [0.3, 0.4) is 0 Å². The predicted molar refractivity (Wildman–Crippen MR) is 91.0 cm³/mol. The van der Waals surface area contributed by atoms with E-state index in [1.807, 2.05) is 6.07 Å². The van der Waals surface area contributed by atoms with Gasteiger partial charge in [-0.15, -0.1) is 0 Å². The molecule has 2 heteroatoms. The van der Waals surface area contributed by atoms with Crippen LogP contribution in [0.5, 0.6) is 0 Å². The quantitative estimate of drug-likeness (QED) is 0.744. The molecule has 1 aliphatic rings. The van der Waals surface area contributed by atoms with E-state index in [1.165, 1.54) is 27.8 Å². The molecule has 2 aromatic carbocycles. The molecule has 21 heavy (non-hydrogen) atoms. The average molecular weight is 300 g/mol. The van der Waals surface area contributed by atoms with Crippen LogP contribution in [0.2, 0.25) is 5.02 Å². The van der Waals surface area contributed by atoms with Gasteiger partial charge in [0, 0.05) is 18.1 Å². The van der Waals surface area contributed by atoms with Gasteiger partial charge in [0.05, 0.1) is 0 Å². The van der Waals surface area contributed by atoms with Crippen LogP contribution >= 0.6 is 11.6 Å². The summed E-state index contributed by atoms with van der Waals surface area (Å²) in [5.41, 5.74) is 6.91. The Morgan fingerprint density at radius 2 is 1.86 bits per heavy atom. The minimum Gasteiger partial charge on any atom is -0.302 e. The zero-order valence-corrected chi connectivity index (χ0v) is 13.7. The Kier molecular flexibility index (Phi) is 4.05. The minimum absolute atomic E-state index is 0.470. The number of hydrogen-bond acceptors (Lipinski definition) is 1. The first-order chi connectivity index (χ1) is 10.0. The largest absolute Gasteiger partial charge is 0.302 e. The van der Waals surface area contributed by atoms with Crippen molar-refractivity contribution in [1.82, 2.24) is 4.90 Å². The van der Waals surface area contributed by atoms with Gasteiger partial charge in [0.2, 0.25) is 0 Å². The summed E-state index contributed by atoms with van der Waals surface area (Å²) in [7, 11) is 2.19. The van der Waals surface area contributed by atoms with E-state index in [1.54, 1.807) is 0 Å². The van der Waals surface area contributed by atoms with Crippen LogP contribution in [0.1, 0.15) is 36.5 Å². The van der Waals surface area contributed by atoms with Crippen molar-refractivity contribution in [1.29, 1.82) is 0 Å². The highest BCUT2D eigenvalue weighted by Gasteiger charge is 2.15. The van der Waals surface area contributed by atoms with Crippen molar-refractivity contribution in [2.75, 3.05) is 13.6 Å². The first-order valence-corrected chi connectivity index (χ1v) is 8.02. The van der Waals surface area contributed by atoms with Crippen molar-refractivity contribution in [3.8, 4) is 11.1 Å². The first-order valence-electron chi connectivity index (χ1n) is 7.65. The lowest BCUT2D eigenvalue weighted by Crippen LogP contribution is -2.26. The van der Waals surface area contributed by atoms with E-state index >= 15 is 0 Å². The van der Waals surface area contributed by atoms with Gasteiger partial charge in [0.1, 0.15) is 0 Å². The molecule has 0 spiro atoms. The summed E-state index contributed by atoms with van der Waals surface area (Å²) in [6, 6.07) is 13.2. The van der Waals surface area contributed by atoms with Gasteiger partial charge < -0.3 is 4.90 Å². The molecule has 2 aromatic rings. The Labute approximate surface area is 132 Å². The number of hydrogen-bond donors (Lipinski definition) is 0. The summed E-state index contributed by atoms with van der Waals surface area (Å²) in [6.45, 7) is 6.65. The molecule has 0 amide bonds. The van der Waals surface area contributed by atoms with Gasteiger partial charge in [-0.05, 0) is 65.4 Å².